The third-order valence-corrected chi connectivity index (χ3v) is 3.07. The quantitative estimate of drug-likeness (QED) is 0.773. The number of carbonyl (C=O) groups excluding carboxylic acids is 1. The number of hydrogen-bond acceptors (Lipinski definition) is 2. The Kier molecular flexibility index (Phi) is 2.34. The summed E-state index contributed by atoms with van der Waals surface area (Å²) in [7, 11) is 0. The lowest BCUT2D eigenvalue weighted by atomic mass is 10.1. The van der Waals surface area contributed by atoms with Crippen molar-refractivity contribution in [1.29, 1.82) is 0 Å². The molecule has 0 saturated heterocycles. The zero-order valence-corrected chi connectivity index (χ0v) is 9.69. The third-order valence-electron chi connectivity index (χ3n) is 2.83. The minimum atomic E-state index is -0.0181. The molecule has 1 aromatic carbocycles. The summed E-state index contributed by atoms with van der Waals surface area (Å²) >= 11 is 5.90. The van der Waals surface area contributed by atoms with Crippen LogP contribution in [0.1, 0.15) is 15.9 Å². The molecule has 2 aromatic rings. The first kappa shape index (κ1) is 10.3. The molecule has 17 heavy (non-hydrogen) atoms. The first-order valence-corrected chi connectivity index (χ1v) is 5.64. The SMILES string of the molecule is O=C1c2cc(Cl)ccc2CN1c1cccnc1. The molecule has 0 bridgehead atoms. The van der Waals surface area contributed by atoms with Crippen molar-refractivity contribution in [3.8, 4) is 0 Å². The summed E-state index contributed by atoms with van der Waals surface area (Å²) in [5.41, 5.74) is 2.49. The van der Waals surface area contributed by atoms with Gasteiger partial charge in [-0.15, -0.1) is 0 Å². The van der Waals surface area contributed by atoms with Crippen molar-refractivity contribution in [2.75, 3.05) is 4.90 Å². The standard InChI is InChI=1S/C13H9ClN2O/c14-10-4-3-9-8-16(13(17)12(9)6-10)11-2-1-5-15-7-11/h1-7H,8H2. The van der Waals surface area contributed by atoms with Crippen LogP contribution in [0.4, 0.5) is 5.69 Å². The molecule has 0 spiro atoms. The molecule has 0 atom stereocenters. The summed E-state index contributed by atoms with van der Waals surface area (Å²) in [6.45, 7) is 0.580. The highest BCUT2D eigenvalue weighted by Gasteiger charge is 2.28. The fourth-order valence-electron chi connectivity index (χ4n) is 2.00. The van der Waals surface area contributed by atoms with Crippen molar-refractivity contribution in [2.24, 2.45) is 0 Å². The molecule has 1 amide bonds. The Balaban J connectivity index is 2.02. The van der Waals surface area contributed by atoms with Crippen LogP contribution in [0.3, 0.4) is 0 Å². The number of fused-ring (bicyclic) bond motifs is 1. The highest BCUT2D eigenvalue weighted by molar-refractivity contribution is 6.31. The van der Waals surface area contributed by atoms with Crippen LogP contribution < -0.4 is 4.90 Å². The van der Waals surface area contributed by atoms with E-state index in [9.17, 15) is 4.79 Å². The van der Waals surface area contributed by atoms with Gasteiger partial charge in [-0.05, 0) is 29.8 Å². The first-order valence-electron chi connectivity index (χ1n) is 5.26. The van der Waals surface area contributed by atoms with Crippen molar-refractivity contribution in [3.05, 3.63) is 58.9 Å². The topological polar surface area (TPSA) is 33.2 Å². The van der Waals surface area contributed by atoms with Gasteiger partial charge in [-0.2, -0.15) is 0 Å². The summed E-state index contributed by atoms with van der Waals surface area (Å²) < 4.78 is 0. The highest BCUT2D eigenvalue weighted by Crippen LogP contribution is 2.29. The van der Waals surface area contributed by atoms with Crippen molar-refractivity contribution >= 4 is 23.2 Å². The summed E-state index contributed by atoms with van der Waals surface area (Å²) in [6.07, 6.45) is 3.37. The molecule has 1 aliphatic heterocycles. The van der Waals surface area contributed by atoms with Crippen molar-refractivity contribution < 1.29 is 4.79 Å². The number of halogens is 1. The average Bonchev–Trinajstić information content (AvgIpc) is 2.68. The Bertz CT molecular complexity index is 583. The molecule has 4 heteroatoms. The van der Waals surface area contributed by atoms with Gasteiger partial charge in [0.1, 0.15) is 0 Å². The van der Waals surface area contributed by atoms with Gasteiger partial charge < -0.3 is 4.90 Å². The van der Waals surface area contributed by atoms with E-state index in [-0.39, 0.29) is 5.91 Å². The van der Waals surface area contributed by atoms with Crippen molar-refractivity contribution in [2.45, 2.75) is 6.54 Å². The van der Waals surface area contributed by atoms with Crippen molar-refractivity contribution in [1.82, 2.24) is 4.98 Å². The maximum atomic E-state index is 12.2. The van der Waals surface area contributed by atoms with E-state index in [1.54, 1.807) is 29.4 Å². The maximum absolute atomic E-state index is 12.2. The van der Waals surface area contributed by atoms with Crippen LogP contribution in [0.2, 0.25) is 5.02 Å². The van der Waals surface area contributed by atoms with Gasteiger partial charge >= 0.3 is 0 Å². The fraction of sp³-hybridized carbons (Fsp3) is 0.0769. The Labute approximate surface area is 104 Å². The molecule has 1 aliphatic rings. The van der Waals surface area contributed by atoms with Gasteiger partial charge in [0.25, 0.3) is 5.91 Å². The summed E-state index contributed by atoms with van der Waals surface area (Å²) in [4.78, 5) is 17.9. The number of hydrogen-bond donors (Lipinski definition) is 0. The van der Waals surface area contributed by atoms with Crippen LogP contribution in [0.5, 0.6) is 0 Å². The van der Waals surface area contributed by atoms with E-state index in [2.05, 4.69) is 4.98 Å². The number of benzene rings is 1. The molecule has 0 fully saturated rings. The fourth-order valence-corrected chi connectivity index (χ4v) is 2.17. The van der Waals surface area contributed by atoms with E-state index >= 15 is 0 Å². The summed E-state index contributed by atoms with van der Waals surface area (Å²) in [5.74, 6) is -0.0181. The van der Waals surface area contributed by atoms with Gasteiger partial charge in [-0.25, -0.2) is 0 Å². The van der Waals surface area contributed by atoms with E-state index in [0.29, 0.717) is 17.1 Å². The molecule has 2 heterocycles. The van der Waals surface area contributed by atoms with Crippen LogP contribution in [0, 0.1) is 0 Å². The molecule has 0 saturated carbocycles. The molecule has 3 nitrogen and oxygen atoms in total. The van der Waals surface area contributed by atoms with Crippen LogP contribution in [-0.4, -0.2) is 10.9 Å². The second kappa shape index (κ2) is 3.86. The van der Waals surface area contributed by atoms with E-state index in [1.807, 2.05) is 18.2 Å². The monoisotopic (exact) mass is 244 g/mol. The number of rotatable bonds is 1. The summed E-state index contributed by atoms with van der Waals surface area (Å²) in [6, 6.07) is 9.11. The second-order valence-corrected chi connectivity index (χ2v) is 4.34. The highest BCUT2D eigenvalue weighted by atomic mass is 35.5. The largest absolute Gasteiger partial charge is 0.302 e. The Morgan fingerprint density at radius 1 is 1.29 bits per heavy atom. The summed E-state index contributed by atoms with van der Waals surface area (Å²) in [5, 5.41) is 0.588. The molecular weight excluding hydrogens is 236 g/mol. The molecule has 0 aliphatic carbocycles. The number of aromatic nitrogens is 1. The smallest absolute Gasteiger partial charge is 0.259 e. The van der Waals surface area contributed by atoms with Gasteiger partial charge in [-0.1, -0.05) is 17.7 Å². The normalized spacial score (nSPS) is 13.9. The Hall–Kier alpha value is -1.87. The lowest BCUT2D eigenvalue weighted by Crippen LogP contribution is -2.22. The lowest BCUT2D eigenvalue weighted by Gasteiger charge is -2.14. The molecular formula is C13H9ClN2O. The Morgan fingerprint density at radius 2 is 2.18 bits per heavy atom. The van der Waals surface area contributed by atoms with Gasteiger partial charge in [0, 0.05) is 16.8 Å². The minimum Gasteiger partial charge on any atom is -0.302 e. The average molecular weight is 245 g/mol. The number of pyridine rings is 1. The minimum absolute atomic E-state index is 0.0181. The lowest BCUT2D eigenvalue weighted by molar-refractivity contribution is 0.0996. The van der Waals surface area contributed by atoms with Gasteiger partial charge in [-0.3, -0.25) is 9.78 Å². The van der Waals surface area contributed by atoms with Gasteiger partial charge in [0.2, 0.25) is 0 Å². The zero-order valence-electron chi connectivity index (χ0n) is 8.93. The Morgan fingerprint density at radius 3 is 2.94 bits per heavy atom. The van der Waals surface area contributed by atoms with Crippen molar-refractivity contribution in [3.63, 3.8) is 0 Å². The second-order valence-electron chi connectivity index (χ2n) is 3.90. The number of anilines is 1. The first-order chi connectivity index (χ1) is 8.25. The number of amides is 1. The molecule has 0 N–H and O–H groups in total. The van der Waals surface area contributed by atoms with Gasteiger partial charge in [0.05, 0.1) is 18.4 Å². The van der Waals surface area contributed by atoms with Gasteiger partial charge in [0.15, 0.2) is 0 Å². The molecule has 3 rings (SSSR count). The predicted molar refractivity (Wildman–Crippen MR) is 66.2 cm³/mol. The van der Waals surface area contributed by atoms with E-state index in [1.165, 1.54) is 0 Å². The van der Waals surface area contributed by atoms with Crippen LogP contribution in [-0.2, 0) is 6.54 Å². The van der Waals surface area contributed by atoms with Crippen LogP contribution in [0.25, 0.3) is 0 Å². The number of carbonyl (C=O) groups is 1. The molecule has 1 aromatic heterocycles. The third kappa shape index (κ3) is 1.68. The molecule has 84 valence electrons. The number of nitrogens with zero attached hydrogens (tertiary/aromatic N) is 2. The van der Waals surface area contributed by atoms with Crippen LogP contribution >= 0.6 is 11.6 Å². The maximum Gasteiger partial charge on any atom is 0.259 e. The molecule has 0 unspecified atom stereocenters. The molecule has 0 radical (unpaired) electrons. The predicted octanol–water partition coefficient (Wildman–Crippen LogP) is 2.90. The van der Waals surface area contributed by atoms with E-state index < -0.39 is 0 Å². The van der Waals surface area contributed by atoms with E-state index in [0.717, 1.165) is 11.3 Å². The van der Waals surface area contributed by atoms with Crippen LogP contribution in [0.15, 0.2) is 42.7 Å². The van der Waals surface area contributed by atoms with E-state index in [4.69, 9.17) is 11.6 Å². The zero-order chi connectivity index (χ0) is 11.8.